The van der Waals surface area contributed by atoms with E-state index in [1.807, 2.05) is 54.8 Å². The van der Waals surface area contributed by atoms with Gasteiger partial charge in [-0.05, 0) is 107 Å². The fourth-order valence-electron chi connectivity index (χ4n) is 9.97. The highest BCUT2D eigenvalue weighted by Crippen LogP contribution is 2.30. The number of piperidine rings is 2. The number of ether oxygens (including phenoxy) is 3. The van der Waals surface area contributed by atoms with E-state index in [0.29, 0.717) is 93.5 Å². The van der Waals surface area contributed by atoms with Gasteiger partial charge in [0.15, 0.2) is 0 Å². The van der Waals surface area contributed by atoms with Crippen LogP contribution in [0.5, 0.6) is 5.75 Å². The molecule has 0 bridgehead atoms. The number of likely N-dealkylation sites (tertiary alicyclic amines) is 2. The molecule has 0 aliphatic carbocycles. The number of carbonyl (C=O) groups is 3. The van der Waals surface area contributed by atoms with E-state index in [-0.39, 0.29) is 29.0 Å². The van der Waals surface area contributed by atoms with Gasteiger partial charge in [0.2, 0.25) is 5.91 Å². The number of nitrogens with zero attached hydrogens (tertiary/aromatic N) is 7. The van der Waals surface area contributed by atoms with Gasteiger partial charge in [-0.2, -0.15) is 5.10 Å². The first-order valence-corrected chi connectivity index (χ1v) is 24.6. The predicted octanol–water partition coefficient (Wildman–Crippen LogP) is 5.48. The van der Waals surface area contributed by atoms with Crippen LogP contribution >= 0.6 is 0 Å². The summed E-state index contributed by atoms with van der Waals surface area (Å²) in [6, 6.07) is 19.9. The van der Waals surface area contributed by atoms with Gasteiger partial charge in [0.1, 0.15) is 23.8 Å². The van der Waals surface area contributed by atoms with Crippen molar-refractivity contribution >= 4 is 28.7 Å². The standard InChI is InChI=1S/C52H69FN8O7/c1-52(2,3)68-51(65)61-17-7-9-41(36-61)40-8-6-10-42(34-40)67-31-30-66-29-28-56-18-15-38(16-19-56)35-57-20-22-58(23-21-57)37-48(62)59-24-26-60(27-25-59)50(64)45-32-39(13-14-46(45)53)33-47-43-11-4-5-12-44(43)49(63)55-54-47/h4-6,8,10-14,32,34,38,41H,7,9,15-31,33,35-37H2,1-3H3,(H,55,63). The average Bonchev–Trinajstić information content (AvgIpc) is 3.34. The van der Waals surface area contributed by atoms with Crippen LogP contribution in [0.25, 0.3) is 10.8 Å². The van der Waals surface area contributed by atoms with Crippen molar-refractivity contribution in [3.05, 3.63) is 105 Å². The smallest absolute Gasteiger partial charge is 0.410 e. The van der Waals surface area contributed by atoms with Crippen molar-refractivity contribution in [2.45, 2.75) is 64.4 Å². The van der Waals surface area contributed by atoms with Crippen molar-refractivity contribution in [2.75, 3.05) is 118 Å². The summed E-state index contributed by atoms with van der Waals surface area (Å²) in [5.74, 6) is 0.835. The third-order valence-corrected chi connectivity index (χ3v) is 13.8. The molecule has 4 aliphatic rings. The van der Waals surface area contributed by atoms with Crippen molar-refractivity contribution in [3.63, 3.8) is 0 Å². The lowest BCUT2D eigenvalue weighted by Gasteiger charge is -2.40. The molecule has 1 atom stereocenters. The number of fused-ring (bicyclic) bond motifs is 1. The predicted molar refractivity (Wildman–Crippen MR) is 259 cm³/mol. The molecule has 8 rings (SSSR count). The molecule has 4 aromatic rings. The van der Waals surface area contributed by atoms with Gasteiger partial charge in [-0.1, -0.05) is 36.4 Å². The molecule has 3 amide bonds. The minimum atomic E-state index is -0.591. The van der Waals surface area contributed by atoms with Gasteiger partial charge in [0.25, 0.3) is 11.5 Å². The van der Waals surface area contributed by atoms with E-state index in [4.69, 9.17) is 14.2 Å². The Hall–Kier alpha value is -5.42. The number of H-pyrrole nitrogens is 1. The van der Waals surface area contributed by atoms with Crippen LogP contribution in [-0.4, -0.2) is 181 Å². The number of halogens is 1. The summed E-state index contributed by atoms with van der Waals surface area (Å²) in [6.45, 7) is 18.4. The van der Waals surface area contributed by atoms with Crippen molar-refractivity contribution in [3.8, 4) is 5.75 Å². The van der Waals surface area contributed by atoms with E-state index in [0.717, 1.165) is 77.5 Å². The number of piperazine rings is 2. The van der Waals surface area contributed by atoms with Crippen LogP contribution in [0.1, 0.15) is 79.6 Å². The molecule has 68 heavy (non-hydrogen) atoms. The number of hydrogen-bond acceptors (Lipinski definition) is 11. The minimum Gasteiger partial charge on any atom is -0.491 e. The van der Waals surface area contributed by atoms with Crippen molar-refractivity contribution in [1.82, 2.24) is 39.6 Å². The van der Waals surface area contributed by atoms with Crippen LogP contribution in [0.2, 0.25) is 0 Å². The third-order valence-electron chi connectivity index (χ3n) is 13.8. The molecular formula is C52H69FN8O7. The summed E-state index contributed by atoms with van der Waals surface area (Å²) in [5, 5.41) is 8.01. The van der Waals surface area contributed by atoms with Gasteiger partial charge in [-0.3, -0.25) is 19.3 Å². The summed E-state index contributed by atoms with van der Waals surface area (Å²) >= 11 is 0. The molecule has 1 unspecified atom stereocenters. The fourth-order valence-corrected chi connectivity index (χ4v) is 9.97. The Morgan fingerprint density at radius 3 is 2.25 bits per heavy atom. The molecule has 4 aliphatic heterocycles. The number of carbonyl (C=O) groups excluding carboxylic acids is 3. The minimum absolute atomic E-state index is 0.00599. The zero-order chi connectivity index (χ0) is 47.6. The molecule has 16 heteroatoms. The maximum absolute atomic E-state index is 15.1. The zero-order valence-electron chi connectivity index (χ0n) is 40.1. The van der Waals surface area contributed by atoms with Crippen molar-refractivity contribution in [1.29, 1.82) is 0 Å². The second-order valence-corrected chi connectivity index (χ2v) is 19.9. The van der Waals surface area contributed by atoms with Crippen LogP contribution in [0.3, 0.4) is 0 Å². The van der Waals surface area contributed by atoms with Gasteiger partial charge >= 0.3 is 6.09 Å². The first kappa shape index (κ1) is 49.0. The van der Waals surface area contributed by atoms with E-state index in [1.54, 1.807) is 29.2 Å². The zero-order valence-corrected chi connectivity index (χ0v) is 40.1. The number of rotatable bonds is 15. The molecule has 0 spiro atoms. The second-order valence-electron chi connectivity index (χ2n) is 19.9. The van der Waals surface area contributed by atoms with Gasteiger partial charge in [-0.15, -0.1) is 0 Å². The SMILES string of the molecule is CC(C)(C)OC(=O)N1CCCC(c2cccc(OCCOCCN3CCC(CN4CCN(CC(=O)N5CCN(C(=O)c6cc(Cc7n[nH]c(=O)c8ccccc78)ccc6F)CC5)CC4)CC3)c2)C1. The lowest BCUT2D eigenvalue weighted by Crippen LogP contribution is -2.55. The third kappa shape index (κ3) is 13.2. The lowest BCUT2D eigenvalue weighted by atomic mass is 9.91. The Balaban J connectivity index is 0.673. The molecule has 3 aromatic carbocycles. The highest BCUT2D eigenvalue weighted by atomic mass is 19.1. The summed E-state index contributed by atoms with van der Waals surface area (Å²) in [7, 11) is 0. The van der Waals surface area contributed by atoms with Crippen LogP contribution in [-0.2, 0) is 20.7 Å². The highest BCUT2D eigenvalue weighted by Gasteiger charge is 2.31. The molecule has 0 radical (unpaired) electrons. The fraction of sp³-hybridized carbons (Fsp3) is 0.558. The van der Waals surface area contributed by atoms with Gasteiger partial charge in [-0.25, -0.2) is 14.3 Å². The largest absolute Gasteiger partial charge is 0.491 e. The van der Waals surface area contributed by atoms with E-state index < -0.39 is 17.3 Å². The molecule has 366 valence electrons. The molecule has 4 fully saturated rings. The number of benzene rings is 3. The number of aromatic amines is 1. The van der Waals surface area contributed by atoms with Gasteiger partial charge in [0, 0.05) is 96.3 Å². The first-order chi connectivity index (χ1) is 32.8. The molecular weight excluding hydrogens is 868 g/mol. The monoisotopic (exact) mass is 937 g/mol. The Labute approximate surface area is 399 Å². The summed E-state index contributed by atoms with van der Waals surface area (Å²) < 4.78 is 32.7. The Morgan fingerprint density at radius 1 is 0.750 bits per heavy atom. The number of hydrogen-bond donors (Lipinski definition) is 1. The molecule has 15 nitrogen and oxygen atoms in total. The molecule has 0 saturated carbocycles. The Bertz CT molecular complexity index is 2400. The summed E-state index contributed by atoms with van der Waals surface area (Å²) in [6.07, 6.45) is 4.41. The van der Waals surface area contributed by atoms with Crippen molar-refractivity contribution < 1.29 is 33.0 Å². The number of nitrogens with one attached hydrogen (secondary N) is 1. The quantitative estimate of drug-likeness (QED) is 0.152. The van der Waals surface area contributed by atoms with Gasteiger partial charge < -0.3 is 38.7 Å². The molecule has 1 N–H and O–H groups in total. The molecule has 4 saturated heterocycles. The lowest BCUT2D eigenvalue weighted by molar-refractivity contribution is -0.134. The highest BCUT2D eigenvalue weighted by molar-refractivity contribution is 5.95. The van der Waals surface area contributed by atoms with E-state index in [1.165, 1.54) is 24.5 Å². The maximum Gasteiger partial charge on any atom is 0.410 e. The Morgan fingerprint density at radius 2 is 1.49 bits per heavy atom. The first-order valence-electron chi connectivity index (χ1n) is 24.6. The second kappa shape index (κ2) is 22.8. The van der Waals surface area contributed by atoms with Crippen LogP contribution in [0, 0.1) is 11.7 Å². The van der Waals surface area contributed by atoms with Crippen LogP contribution in [0.15, 0.2) is 71.5 Å². The molecule has 1 aromatic heterocycles. The average molecular weight is 937 g/mol. The van der Waals surface area contributed by atoms with Crippen LogP contribution < -0.4 is 10.3 Å². The molecule has 5 heterocycles. The summed E-state index contributed by atoms with van der Waals surface area (Å²) in [4.78, 5) is 64.4. The topological polar surface area (TPSA) is 144 Å². The summed E-state index contributed by atoms with van der Waals surface area (Å²) in [5.41, 5.74) is 1.75. The normalized spacial score (nSPS) is 19.4. The number of amides is 3. The van der Waals surface area contributed by atoms with Crippen molar-refractivity contribution in [2.24, 2.45) is 5.92 Å². The Kier molecular flexibility index (Phi) is 16.4. The van der Waals surface area contributed by atoms with Gasteiger partial charge in [0.05, 0.1) is 36.4 Å². The van der Waals surface area contributed by atoms with E-state index in [9.17, 15) is 19.2 Å². The maximum atomic E-state index is 15.1. The van der Waals surface area contributed by atoms with Crippen LogP contribution in [0.4, 0.5) is 9.18 Å². The number of aromatic nitrogens is 2. The van der Waals surface area contributed by atoms with E-state index >= 15 is 4.39 Å². The van der Waals surface area contributed by atoms with E-state index in [2.05, 4.69) is 37.0 Å².